The van der Waals surface area contributed by atoms with E-state index in [0.717, 1.165) is 13.1 Å². The van der Waals surface area contributed by atoms with Crippen molar-refractivity contribution in [2.24, 2.45) is 0 Å². The number of hydrogen-bond donors (Lipinski definition) is 2. The molecule has 0 aliphatic carbocycles. The number of aromatic nitrogens is 1. The molecule has 132 valence electrons. The highest BCUT2D eigenvalue weighted by Gasteiger charge is 2.43. The smallest absolute Gasteiger partial charge is 0.337 e. The summed E-state index contributed by atoms with van der Waals surface area (Å²) in [7, 11) is 0. The van der Waals surface area contributed by atoms with Gasteiger partial charge in [0, 0.05) is 17.5 Å². The summed E-state index contributed by atoms with van der Waals surface area (Å²) in [5.74, 6) is -6.52. The number of pyridine rings is 1. The Balaban J connectivity index is 2.32. The Morgan fingerprint density at radius 3 is 2.76 bits per heavy atom. The zero-order valence-electron chi connectivity index (χ0n) is 13.2. The number of allylic oxidation sites excluding steroid dienone is 1. The molecule has 0 amide bonds. The zero-order valence-corrected chi connectivity index (χ0v) is 13.2. The van der Waals surface area contributed by atoms with Gasteiger partial charge in [-0.1, -0.05) is 0 Å². The standard InChI is InChI=1S/C16H13F3N2O4/c1-5(17)9-7(3-20-14(19)13(9)18)11-10(15(22)23)6(2)21-8-4-25-16(24)12(8)11/h3,5,11,21H,4H2,1-2H3,(H,22,23)/t5-,11?/m0/s1. The minimum absolute atomic E-state index is 0.0716. The molecule has 0 fully saturated rings. The lowest BCUT2D eigenvalue weighted by atomic mass is 9.79. The molecule has 0 saturated heterocycles. The first-order chi connectivity index (χ1) is 11.7. The SMILES string of the molecule is CC1=C(C(=O)O)C(c2cnc(F)c(F)c2[C@H](C)F)C2=C(COC2=O)N1. The fourth-order valence-electron chi connectivity index (χ4n) is 3.19. The van der Waals surface area contributed by atoms with Crippen molar-refractivity contribution in [2.45, 2.75) is 25.9 Å². The molecule has 2 aliphatic heterocycles. The number of rotatable bonds is 3. The second-order valence-corrected chi connectivity index (χ2v) is 5.72. The molecule has 3 heterocycles. The number of cyclic esters (lactones) is 1. The number of aliphatic carboxylic acids is 1. The minimum atomic E-state index is -1.95. The van der Waals surface area contributed by atoms with Crippen molar-refractivity contribution in [1.29, 1.82) is 0 Å². The minimum Gasteiger partial charge on any atom is -0.478 e. The highest BCUT2D eigenvalue weighted by molar-refractivity contribution is 6.00. The molecule has 0 aromatic carbocycles. The molecule has 2 aliphatic rings. The quantitative estimate of drug-likeness (QED) is 0.639. The number of carbonyl (C=O) groups is 2. The Morgan fingerprint density at radius 1 is 1.48 bits per heavy atom. The van der Waals surface area contributed by atoms with Crippen LogP contribution < -0.4 is 5.32 Å². The predicted molar refractivity (Wildman–Crippen MR) is 77.9 cm³/mol. The highest BCUT2D eigenvalue weighted by atomic mass is 19.2. The molecule has 0 spiro atoms. The number of ether oxygens (including phenoxy) is 1. The molecule has 2 atom stereocenters. The number of nitrogens with zero attached hydrogens (tertiary/aromatic N) is 1. The maximum absolute atomic E-state index is 14.1. The van der Waals surface area contributed by atoms with Gasteiger partial charge in [0.1, 0.15) is 12.8 Å². The van der Waals surface area contributed by atoms with Crippen molar-refractivity contribution in [1.82, 2.24) is 10.3 Å². The van der Waals surface area contributed by atoms with Crippen LogP contribution in [0.3, 0.4) is 0 Å². The van der Waals surface area contributed by atoms with Gasteiger partial charge in [-0.05, 0) is 19.4 Å². The van der Waals surface area contributed by atoms with Crippen LogP contribution in [0.1, 0.15) is 37.1 Å². The van der Waals surface area contributed by atoms with Gasteiger partial charge in [-0.2, -0.15) is 4.39 Å². The summed E-state index contributed by atoms with van der Waals surface area (Å²) >= 11 is 0. The molecule has 1 unspecified atom stereocenters. The third-order valence-corrected chi connectivity index (χ3v) is 4.20. The number of nitrogens with one attached hydrogen (secondary N) is 1. The maximum atomic E-state index is 14.1. The van der Waals surface area contributed by atoms with Crippen LogP contribution in [0.2, 0.25) is 0 Å². The van der Waals surface area contributed by atoms with E-state index in [0.29, 0.717) is 5.70 Å². The summed E-state index contributed by atoms with van der Waals surface area (Å²) < 4.78 is 46.5. The van der Waals surface area contributed by atoms with E-state index >= 15 is 0 Å². The Hall–Kier alpha value is -2.84. The Morgan fingerprint density at radius 2 is 2.16 bits per heavy atom. The summed E-state index contributed by atoms with van der Waals surface area (Å²) in [6, 6.07) is 0. The van der Waals surface area contributed by atoms with Crippen molar-refractivity contribution in [3.63, 3.8) is 0 Å². The molecule has 6 nitrogen and oxygen atoms in total. The van der Waals surface area contributed by atoms with Crippen LogP contribution >= 0.6 is 0 Å². The van der Waals surface area contributed by atoms with Gasteiger partial charge >= 0.3 is 11.9 Å². The summed E-state index contributed by atoms with van der Waals surface area (Å²) in [4.78, 5) is 27.0. The van der Waals surface area contributed by atoms with E-state index in [2.05, 4.69) is 10.3 Å². The lowest BCUT2D eigenvalue weighted by Gasteiger charge is -2.28. The van der Waals surface area contributed by atoms with Crippen LogP contribution in [0, 0.1) is 11.8 Å². The topological polar surface area (TPSA) is 88.5 Å². The molecule has 1 aromatic heterocycles. The Kier molecular flexibility index (Phi) is 4.02. The molecule has 3 rings (SSSR count). The van der Waals surface area contributed by atoms with E-state index in [4.69, 9.17) is 4.74 Å². The largest absolute Gasteiger partial charge is 0.478 e. The molecule has 0 saturated carbocycles. The third kappa shape index (κ3) is 2.55. The number of esters is 1. The molecular weight excluding hydrogens is 341 g/mol. The number of halogens is 3. The van der Waals surface area contributed by atoms with E-state index in [1.165, 1.54) is 6.92 Å². The van der Waals surface area contributed by atoms with Crippen LogP contribution in [0.25, 0.3) is 0 Å². The van der Waals surface area contributed by atoms with Crippen LogP contribution in [0.5, 0.6) is 0 Å². The van der Waals surface area contributed by atoms with Crippen LogP contribution in [-0.2, 0) is 14.3 Å². The first-order valence-electron chi connectivity index (χ1n) is 7.33. The van der Waals surface area contributed by atoms with E-state index in [1.807, 2.05) is 0 Å². The Labute approximate surface area is 140 Å². The monoisotopic (exact) mass is 354 g/mol. The Bertz CT molecular complexity index is 859. The number of alkyl halides is 1. The second kappa shape index (κ2) is 5.91. The van der Waals surface area contributed by atoms with Gasteiger partial charge in [-0.3, -0.25) is 0 Å². The molecule has 0 radical (unpaired) electrons. The van der Waals surface area contributed by atoms with Gasteiger partial charge in [0.05, 0.1) is 22.8 Å². The lowest BCUT2D eigenvalue weighted by Crippen LogP contribution is -2.30. The molecule has 1 aromatic rings. The van der Waals surface area contributed by atoms with Crippen molar-refractivity contribution in [3.05, 3.63) is 51.6 Å². The summed E-state index contributed by atoms with van der Waals surface area (Å²) in [5, 5.41) is 12.3. The van der Waals surface area contributed by atoms with Gasteiger partial charge in [-0.25, -0.2) is 23.4 Å². The summed E-state index contributed by atoms with van der Waals surface area (Å²) in [6.45, 7) is 2.32. The molecular formula is C16H13F3N2O4. The van der Waals surface area contributed by atoms with Crippen LogP contribution in [-0.4, -0.2) is 28.6 Å². The highest BCUT2D eigenvalue weighted by Crippen LogP contribution is 2.44. The molecule has 0 bridgehead atoms. The first-order valence-corrected chi connectivity index (χ1v) is 7.33. The summed E-state index contributed by atoms with van der Waals surface area (Å²) in [6.07, 6.45) is -1.09. The van der Waals surface area contributed by atoms with Gasteiger partial charge in [0.15, 0.2) is 5.82 Å². The fraction of sp³-hybridized carbons (Fsp3) is 0.312. The summed E-state index contributed by atoms with van der Waals surface area (Å²) in [5.41, 5.74) is -0.752. The molecule has 2 N–H and O–H groups in total. The number of carboxylic acid groups (broad SMARTS) is 1. The average molecular weight is 354 g/mol. The molecule has 25 heavy (non-hydrogen) atoms. The number of carbonyl (C=O) groups excluding carboxylic acids is 1. The van der Waals surface area contributed by atoms with E-state index < -0.39 is 41.4 Å². The normalized spacial score (nSPS) is 21.0. The average Bonchev–Trinajstić information content (AvgIpc) is 2.88. The lowest BCUT2D eigenvalue weighted by molar-refractivity contribution is -0.136. The van der Waals surface area contributed by atoms with Crippen molar-refractivity contribution < 1.29 is 32.6 Å². The fourth-order valence-corrected chi connectivity index (χ4v) is 3.19. The molecule has 9 heteroatoms. The number of hydrogen-bond acceptors (Lipinski definition) is 5. The van der Waals surface area contributed by atoms with Gasteiger partial charge in [0.2, 0.25) is 5.95 Å². The van der Waals surface area contributed by atoms with Crippen molar-refractivity contribution in [2.75, 3.05) is 6.61 Å². The van der Waals surface area contributed by atoms with E-state index in [-0.39, 0.29) is 29.0 Å². The van der Waals surface area contributed by atoms with Gasteiger partial charge in [0.25, 0.3) is 0 Å². The van der Waals surface area contributed by atoms with Gasteiger partial charge in [-0.15, -0.1) is 0 Å². The van der Waals surface area contributed by atoms with Crippen molar-refractivity contribution >= 4 is 11.9 Å². The second-order valence-electron chi connectivity index (χ2n) is 5.72. The van der Waals surface area contributed by atoms with Crippen LogP contribution in [0.4, 0.5) is 13.2 Å². The maximum Gasteiger partial charge on any atom is 0.337 e. The first kappa shape index (κ1) is 17.0. The predicted octanol–water partition coefficient (Wildman–Crippen LogP) is 2.25. The zero-order chi connectivity index (χ0) is 18.5. The van der Waals surface area contributed by atoms with E-state index in [1.54, 1.807) is 0 Å². The van der Waals surface area contributed by atoms with E-state index in [9.17, 15) is 27.9 Å². The number of dihydropyridines is 1. The van der Waals surface area contributed by atoms with Crippen LogP contribution in [0.15, 0.2) is 28.7 Å². The van der Waals surface area contributed by atoms with Gasteiger partial charge < -0.3 is 15.2 Å². The number of carboxylic acids is 1. The third-order valence-electron chi connectivity index (χ3n) is 4.20. The van der Waals surface area contributed by atoms with Crippen molar-refractivity contribution in [3.8, 4) is 0 Å².